The van der Waals surface area contributed by atoms with Gasteiger partial charge in [0.05, 0.1) is 18.1 Å². The van der Waals surface area contributed by atoms with Gasteiger partial charge < -0.3 is 15.0 Å². The Kier molecular flexibility index (Phi) is 3.88. The molecule has 0 unspecified atom stereocenters. The van der Waals surface area contributed by atoms with E-state index in [1.807, 2.05) is 0 Å². The van der Waals surface area contributed by atoms with Crippen molar-refractivity contribution in [3.05, 3.63) is 53.9 Å². The first-order valence-corrected chi connectivity index (χ1v) is 6.89. The fourth-order valence-electron chi connectivity index (χ4n) is 2.19. The molecule has 3 rings (SSSR count). The predicted octanol–water partition coefficient (Wildman–Crippen LogP) is 3.84. The van der Waals surface area contributed by atoms with E-state index in [1.54, 1.807) is 24.3 Å². The number of carbonyl (C=O) groups excluding carboxylic acids is 1. The van der Waals surface area contributed by atoms with Gasteiger partial charge in [0.15, 0.2) is 0 Å². The molecule has 2 aromatic carbocycles. The second-order valence-corrected chi connectivity index (χ2v) is 5.00. The average Bonchev–Trinajstić information content (AvgIpc) is 2.98. The maximum Gasteiger partial charge on any atom is 0.449 e. The maximum atomic E-state index is 12.7. The second kappa shape index (κ2) is 5.88. The number of alkyl halides is 3. The lowest BCUT2D eigenvalue weighted by Gasteiger charge is -2.07. The van der Waals surface area contributed by atoms with Crippen LogP contribution in [0.4, 0.5) is 18.9 Å². The molecule has 1 amide bonds. The number of H-pyrrole nitrogens is 1. The van der Waals surface area contributed by atoms with Crippen LogP contribution in [0, 0.1) is 0 Å². The van der Waals surface area contributed by atoms with Gasteiger partial charge in [-0.15, -0.1) is 0 Å². The van der Waals surface area contributed by atoms with Crippen LogP contribution in [0.1, 0.15) is 16.2 Å². The van der Waals surface area contributed by atoms with Crippen LogP contribution in [0.5, 0.6) is 5.75 Å². The lowest BCUT2D eigenvalue weighted by Crippen LogP contribution is -2.11. The van der Waals surface area contributed by atoms with Crippen molar-refractivity contribution in [3.8, 4) is 5.75 Å². The number of benzene rings is 2. The summed E-state index contributed by atoms with van der Waals surface area (Å²) in [5.74, 6) is -0.970. The minimum Gasteiger partial charge on any atom is -0.497 e. The summed E-state index contributed by atoms with van der Waals surface area (Å²) in [7, 11) is 1.51. The fraction of sp³-hybridized carbons (Fsp3) is 0.125. The van der Waals surface area contributed by atoms with Crippen molar-refractivity contribution in [1.29, 1.82) is 0 Å². The van der Waals surface area contributed by atoms with Crippen LogP contribution < -0.4 is 10.1 Å². The molecule has 1 heterocycles. The Labute approximate surface area is 134 Å². The molecule has 3 aromatic rings. The molecule has 0 saturated heterocycles. The Balaban J connectivity index is 1.87. The molecule has 2 N–H and O–H groups in total. The van der Waals surface area contributed by atoms with E-state index in [-0.39, 0.29) is 16.6 Å². The van der Waals surface area contributed by atoms with Crippen molar-refractivity contribution in [1.82, 2.24) is 9.97 Å². The quantitative estimate of drug-likeness (QED) is 0.764. The van der Waals surface area contributed by atoms with Gasteiger partial charge in [0.25, 0.3) is 5.91 Å². The van der Waals surface area contributed by atoms with Gasteiger partial charge in [-0.05, 0) is 30.3 Å². The standard InChI is InChI=1S/C16H12F3N3O2/c1-24-11-4-2-3-10(8-11)20-14(23)9-5-6-12-13(7-9)22-15(21-12)16(17,18)19/h2-8H,1H3,(H,20,23)(H,21,22). The highest BCUT2D eigenvalue weighted by Crippen LogP contribution is 2.28. The molecule has 0 aliphatic heterocycles. The van der Waals surface area contributed by atoms with Crippen LogP contribution in [0.25, 0.3) is 11.0 Å². The summed E-state index contributed by atoms with van der Waals surface area (Å²) in [4.78, 5) is 17.9. The number of hydrogen-bond donors (Lipinski definition) is 2. The summed E-state index contributed by atoms with van der Waals surface area (Å²) in [6.45, 7) is 0. The molecule has 0 bridgehead atoms. The molecule has 0 atom stereocenters. The van der Waals surface area contributed by atoms with Crippen molar-refractivity contribution in [2.75, 3.05) is 12.4 Å². The van der Waals surface area contributed by atoms with Gasteiger partial charge in [0.2, 0.25) is 5.82 Å². The van der Waals surface area contributed by atoms with Crippen LogP contribution in [-0.2, 0) is 6.18 Å². The number of ether oxygens (including phenoxy) is 1. The Morgan fingerprint density at radius 1 is 1.21 bits per heavy atom. The zero-order chi connectivity index (χ0) is 17.3. The van der Waals surface area contributed by atoms with E-state index in [0.717, 1.165) is 0 Å². The van der Waals surface area contributed by atoms with Gasteiger partial charge >= 0.3 is 6.18 Å². The van der Waals surface area contributed by atoms with Crippen LogP contribution in [0.3, 0.4) is 0 Å². The Hall–Kier alpha value is -3.03. The van der Waals surface area contributed by atoms with Crippen molar-refractivity contribution in [2.45, 2.75) is 6.18 Å². The Morgan fingerprint density at radius 3 is 2.71 bits per heavy atom. The number of fused-ring (bicyclic) bond motifs is 1. The molecule has 1 aromatic heterocycles. The Bertz CT molecular complexity index is 903. The van der Waals surface area contributed by atoms with E-state index in [1.165, 1.54) is 25.3 Å². The third kappa shape index (κ3) is 3.17. The molecule has 0 aliphatic rings. The predicted molar refractivity (Wildman–Crippen MR) is 82.0 cm³/mol. The molecular weight excluding hydrogens is 323 g/mol. The van der Waals surface area contributed by atoms with E-state index in [2.05, 4.69) is 15.3 Å². The number of methoxy groups -OCH3 is 1. The molecule has 5 nitrogen and oxygen atoms in total. The topological polar surface area (TPSA) is 67.0 Å². The average molecular weight is 335 g/mol. The zero-order valence-corrected chi connectivity index (χ0v) is 12.4. The van der Waals surface area contributed by atoms with Crippen LogP contribution in [-0.4, -0.2) is 23.0 Å². The molecule has 0 spiro atoms. The third-order valence-electron chi connectivity index (χ3n) is 3.34. The van der Waals surface area contributed by atoms with Gasteiger partial charge in [0, 0.05) is 17.3 Å². The number of aromatic nitrogens is 2. The minimum absolute atomic E-state index is 0.139. The van der Waals surface area contributed by atoms with E-state index in [4.69, 9.17) is 4.74 Å². The molecule has 0 fully saturated rings. The highest BCUT2D eigenvalue weighted by molar-refractivity contribution is 6.06. The summed E-state index contributed by atoms with van der Waals surface area (Å²) in [6.07, 6.45) is -4.57. The lowest BCUT2D eigenvalue weighted by atomic mass is 10.2. The van der Waals surface area contributed by atoms with Gasteiger partial charge in [-0.2, -0.15) is 13.2 Å². The summed E-state index contributed by atoms with van der Waals surface area (Å²) in [6, 6.07) is 10.9. The largest absolute Gasteiger partial charge is 0.497 e. The number of nitrogens with one attached hydrogen (secondary N) is 2. The van der Waals surface area contributed by atoms with Gasteiger partial charge in [0.1, 0.15) is 5.75 Å². The molecule has 0 saturated carbocycles. The number of anilines is 1. The molecule has 8 heteroatoms. The number of amides is 1. The van der Waals surface area contributed by atoms with Crippen molar-refractivity contribution in [2.24, 2.45) is 0 Å². The van der Waals surface area contributed by atoms with Crippen LogP contribution in [0.15, 0.2) is 42.5 Å². The number of aromatic amines is 1. The SMILES string of the molecule is COc1cccc(NC(=O)c2ccc3nc(C(F)(F)F)[nH]c3c2)c1. The molecule has 124 valence electrons. The van der Waals surface area contributed by atoms with E-state index in [9.17, 15) is 18.0 Å². The summed E-state index contributed by atoms with van der Waals surface area (Å²) < 4.78 is 43.0. The van der Waals surface area contributed by atoms with Crippen molar-refractivity contribution in [3.63, 3.8) is 0 Å². The molecule has 0 aliphatic carbocycles. The summed E-state index contributed by atoms with van der Waals surface area (Å²) in [5.41, 5.74) is 1.00. The summed E-state index contributed by atoms with van der Waals surface area (Å²) >= 11 is 0. The first-order valence-electron chi connectivity index (χ1n) is 6.89. The fourth-order valence-corrected chi connectivity index (χ4v) is 2.19. The number of halogens is 3. The Morgan fingerprint density at radius 2 is 2.00 bits per heavy atom. The maximum absolute atomic E-state index is 12.7. The highest BCUT2D eigenvalue weighted by atomic mass is 19.4. The van der Waals surface area contributed by atoms with E-state index in [0.29, 0.717) is 11.4 Å². The van der Waals surface area contributed by atoms with Crippen molar-refractivity contribution >= 4 is 22.6 Å². The van der Waals surface area contributed by atoms with Crippen LogP contribution >= 0.6 is 0 Å². The molecule has 0 radical (unpaired) electrons. The zero-order valence-electron chi connectivity index (χ0n) is 12.4. The number of rotatable bonds is 3. The second-order valence-electron chi connectivity index (χ2n) is 5.00. The van der Waals surface area contributed by atoms with Gasteiger partial charge in [-0.1, -0.05) is 6.07 Å². The first kappa shape index (κ1) is 15.9. The number of nitrogens with zero attached hydrogens (tertiary/aromatic N) is 1. The minimum atomic E-state index is -4.57. The lowest BCUT2D eigenvalue weighted by molar-refractivity contribution is -0.144. The van der Waals surface area contributed by atoms with Gasteiger partial charge in [-0.25, -0.2) is 4.98 Å². The number of imidazole rings is 1. The monoisotopic (exact) mass is 335 g/mol. The number of hydrogen-bond acceptors (Lipinski definition) is 3. The smallest absolute Gasteiger partial charge is 0.449 e. The third-order valence-corrected chi connectivity index (χ3v) is 3.34. The van der Waals surface area contributed by atoms with Gasteiger partial charge in [-0.3, -0.25) is 4.79 Å². The first-order chi connectivity index (χ1) is 11.4. The molecule has 24 heavy (non-hydrogen) atoms. The summed E-state index contributed by atoms with van der Waals surface area (Å²) in [5, 5.41) is 2.66. The van der Waals surface area contributed by atoms with Crippen LogP contribution in [0.2, 0.25) is 0 Å². The van der Waals surface area contributed by atoms with E-state index >= 15 is 0 Å². The normalized spacial score (nSPS) is 11.5. The molecular formula is C16H12F3N3O2. The van der Waals surface area contributed by atoms with Crippen molar-refractivity contribution < 1.29 is 22.7 Å². The number of carbonyl (C=O) groups is 1. The van der Waals surface area contributed by atoms with E-state index < -0.39 is 17.9 Å². The highest BCUT2D eigenvalue weighted by Gasteiger charge is 2.34.